The van der Waals surface area contributed by atoms with Gasteiger partial charge in [-0.05, 0) is 0 Å². The lowest BCUT2D eigenvalue weighted by atomic mass is 10.8. The predicted molar refractivity (Wildman–Crippen MR) is 22.6 cm³/mol. The van der Waals surface area contributed by atoms with E-state index in [0.29, 0.717) is 6.54 Å². The molecule has 6 heavy (non-hydrogen) atoms. The van der Waals surface area contributed by atoms with E-state index in [-0.39, 0.29) is 0 Å². The Bertz CT molecular complexity index is 55.5. The third-order valence-electron chi connectivity index (χ3n) is 0.262. The van der Waals surface area contributed by atoms with Gasteiger partial charge in [0.05, 0.1) is 0 Å². The number of rotatable bonds is 2. The predicted octanol–water partition coefficient (Wildman–Crippen LogP) is -0.610. The third kappa shape index (κ3) is 4.07. The SMILES string of the molecule is CCNS(=O)[O-]. The molecule has 0 fully saturated rings. The molecule has 0 aliphatic heterocycles. The fourth-order valence-corrected chi connectivity index (χ4v) is 0.354. The number of nitrogens with one attached hydrogen (secondary N) is 1. The van der Waals surface area contributed by atoms with Crippen molar-refractivity contribution in [2.45, 2.75) is 6.92 Å². The van der Waals surface area contributed by atoms with Crippen LogP contribution >= 0.6 is 0 Å². The van der Waals surface area contributed by atoms with Crippen molar-refractivity contribution in [2.75, 3.05) is 6.54 Å². The van der Waals surface area contributed by atoms with Crippen molar-refractivity contribution in [1.29, 1.82) is 0 Å². The van der Waals surface area contributed by atoms with Gasteiger partial charge in [0.1, 0.15) is 0 Å². The van der Waals surface area contributed by atoms with Crippen molar-refractivity contribution in [2.24, 2.45) is 0 Å². The van der Waals surface area contributed by atoms with Crippen LogP contribution in [-0.4, -0.2) is 15.3 Å². The molecule has 38 valence electrons. The molecule has 0 aromatic carbocycles. The first-order valence-electron chi connectivity index (χ1n) is 1.60. The van der Waals surface area contributed by atoms with E-state index in [1.54, 1.807) is 6.92 Å². The Morgan fingerprint density at radius 1 is 2.00 bits per heavy atom. The molecule has 0 radical (unpaired) electrons. The minimum Gasteiger partial charge on any atom is -0.760 e. The standard InChI is InChI=1S/C2H7NO2S/c1-2-3-6(4)5/h3H,2H2,1H3,(H,4,5)/p-1. The van der Waals surface area contributed by atoms with E-state index in [0.717, 1.165) is 0 Å². The zero-order valence-corrected chi connectivity index (χ0v) is 4.25. The van der Waals surface area contributed by atoms with Crippen LogP contribution in [0.5, 0.6) is 0 Å². The zero-order valence-electron chi connectivity index (χ0n) is 3.43. The second-order valence-electron chi connectivity index (χ2n) is 0.733. The summed E-state index contributed by atoms with van der Waals surface area (Å²) in [6.07, 6.45) is 0. The summed E-state index contributed by atoms with van der Waals surface area (Å²) < 4.78 is 21.1. The molecule has 0 amide bonds. The molecule has 0 aromatic heterocycles. The quantitative estimate of drug-likeness (QED) is 0.480. The first-order chi connectivity index (χ1) is 2.77. The summed E-state index contributed by atoms with van der Waals surface area (Å²) in [4.78, 5) is 0. The molecular formula is C2H6NO2S-. The average Bonchev–Trinajstić information content (AvgIpc) is 1.35. The van der Waals surface area contributed by atoms with Crippen LogP contribution in [0.4, 0.5) is 0 Å². The molecule has 0 heterocycles. The van der Waals surface area contributed by atoms with E-state index < -0.39 is 11.3 Å². The second-order valence-corrected chi connectivity index (χ2v) is 1.49. The lowest BCUT2D eigenvalue weighted by Crippen LogP contribution is -2.14. The molecule has 1 atom stereocenters. The molecule has 0 aromatic rings. The van der Waals surface area contributed by atoms with Gasteiger partial charge >= 0.3 is 0 Å². The first kappa shape index (κ1) is 6.07. The Labute approximate surface area is 39.2 Å². The fraction of sp³-hybridized carbons (Fsp3) is 1.00. The summed E-state index contributed by atoms with van der Waals surface area (Å²) in [5.41, 5.74) is 0. The van der Waals surface area contributed by atoms with Gasteiger partial charge in [-0.2, -0.15) is 0 Å². The molecule has 0 bridgehead atoms. The Morgan fingerprint density at radius 3 is 2.50 bits per heavy atom. The Morgan fingerprint density at radius 2 is 2.50 bits per heavy atom. The summed E-state index contributed by atoms with van der Waals surface area (Å²) in [7, 11) is 0. The van der Waals surface area contributed by atoms with E-state index in [4.69, 9.17) is 0 Å². The Hall–Kier alpha value is 0.0700. The minimum absolute atomic E-state index is 0.468. The summed E-state index contributed by atoms with van der Waals surface area (Å²) in [6.45, 7) is 2.19. The van der Waals surface area contributed by atoms with Crippen molar-refractivity contribution in [3.8, 4) is 0 Å². The Balaban J connectivity index is 2.83. The maximum atomic E-state index is 9.49. The summed E-state index contributed by atoms with van der Waals surface area (Å²) in [5, 5.41) is 0. The summed E-state index contributed by atoms with van der Waals surface area (Å²) in [6, 6.07) is 0. The van der Waals surface area contributed by atoms with Gasteiger partial charge in [-0.3, -0.25) is 4.21 Å². The van der Waals surface area contributed by atoms with Crippen LogP contribution in [0.1, 0.15) is 6.92 Å². The molecule has 0 aliphatic rings. The lowest BCUT2D eigenvalue weighted by molar-refractivity contribution is 0.525. The molecule has 3 nitrogen and oxygen atoms in total. The van der Waals surface area contributed by atoms with Crippen molar-refractivity contribution in [3.63, 3.8) is 0 Å². The van der Waals surface area contributed by atoms with Crippen molar-refractivity contribution in [1.82, 2.24) is 4.72 Å². The minimum atomic E-state index is -2.07. The molecule has 0 saturated heterocycles. The molecule has 0 saturated carbocycles. The van der Waals surface area contributed by atoms with E-state index >= 15 is 0 Å². The normalized spacial score (nSPS) is 14.3. The highest BCUT2D eigenvalue weighted by molar-refractivity contribution is 7.77. The van der Waals surface area contributed by atoms with Crippen LogP contribution in [0.15, 0.2) is 0 Å². The number of hydrogen-bond acceptors (Lipinski definition) is 2. The van der Waals surface area contributed by atoms with Gasteiger partial charge in [-0.15, -0.1) is 0 Å². The van der Waals surface area contributed by atoms with Crippen molar-refractivity contribution in [3.05, 3.63) is 0 Å². The molecule has 0 spiro atoms. The summed E-state index contributed by atoms with van der Waals surface area (Å²) >= 11 is -2.07. The van der Waals surface area contributed by atoms with E-state index in [1.807, 2.05) is 0 Å². The molecular weight excluding hydrogens is 102 g/mol. The topological polar surface area (TPSA) is 52.2 Å². The number of hydrogen-bond donors (Lipinski definition) is 1. The molecule has 0 aliphatic carbocycles. The van der Waals surface area contributed by atoms with Gasteiger partial charge in [0.15, 0.2) is 0 Å². The highest BCUT2D eigenvalue weighted by Gasteiger charge is 1.68. The Kier molecular flexibility index (Phi) is 3.31. The molecule has 1 unspecified atom stereocenters. The fourth-order valence-electron chi connectivity index (χ4n) is 0.118. The largest absolute Gasteiger partial charge is 0.760 e. The summed E-state index contributed by atoms with van der Waals surface area (Å²) in [5.74, 6) is 0. The maximum absolute atomic E-state index is 9.49. The van der Waals surface area contributed by atoms with Gasteiger partial charge in [0.25, 0.3) is 0 Å². The van der Waals surface area contributed by atoms with E-state index in [9.17, 15) is 8.76 Å². The van der Waals surface area contributed by atoms with Crippen LogP contribution in [0, 0.1) is 0 Å². The maximum Gasteiger partial charge on any atom is 0.0180 e. The highest BCUT2D eigenvalue weighted by atomic mass is 32.2. The zero-order chi connectivity index (χ0) is 4.99. The van der Waals surface area contributed by atoms with E-state index in [2.05, 4.69) is 4.72 Å². The van der Waals surface area contributed by atoms with Gasteiger partial charge in [-0.1, -0.05) is 6.92 Å². The second kappa shape index (κ2) is 3.27. The lowest BCUT2D eigenvalue weighted by Gasteiger charge is -2.00. The highest BCUT2D eigenvalue weighted by Crippen LogP contribution is 1.56. The third-order valence-corrected chi connectivity index (χ3v) is 0.787. The van der Waals surface area contributed by atoms with Crippen LogP contribution in [0.2, 0.25) is 0 Å². The van der Waals surface area contributed by atoms with Crippen LogP contribution < -0.4 is 4.72 Å². The molecule has 1 N–H and O–H groups in total. The van der Waals surface area contributed by atoms with Gasteiger partial charge in [0.2, 0.25) is 0 Å². The van der Waals surface area contributed by atoms with Crippen LogP contribution in [-0.2, 0) is 11.3 Å². The van der Waals surface area contributed by atoms with Crippen LogP contribution in [0.25, 0.3) is 0 Å². The molecule has 4 heteroatoms. The van der Waals surface area contributed by atoms with Gasteiger partial charge < -0.3 is 4.55 Å². The molecule has 0 rings (SSSR count). The smallest absolute Gasteiger partial charge is 0.0180 e. The van der Waals surface area contributed by atoms with Crippen molar-refractivity contribution < 1.29 is 8.76 Å². The van der Waals surface area contributed by atoms with E-state index in [1.165, 1.54) is 0 Å². The monoisotopic (exact) mass is 108 g/mol. The van der Waals surface area contributed by atoms with Crippen LogP contribution in [0.3, 0.4) is 0 Å². The average molecular weight is 108 g/mol. The van der Waals surface area contributed by atoms with Gasteiger partial charge in [-0.25, -0.2) is 4.72 Å². The first-order valence-corrected chi connectivity index (χ1v) is 2.67. The van der Waals surface area contributed by atoms with Crippen molar-refractivity contribution >= 4 is 11.3 Å². The van der Waals surface area contributed by atoms with Gasteiger partial charge in [0, 0.05) is 17.8 Å².